The summed E-state index contributed by atoms with van der Waals surface area (Å²) in [6.45, 7) is 0. The van der Waals surface area contributed by atoms with E-state index in [9.17, 15) is 10.0 Å². The zero-order chi connectivity index (χ0) is 83.6. The summed E-state index contributed by atoms with van der Waals surface area (Å²) in [6.07, 6.45) is 13.8. The van der Waals surface area contributed by atoms with Crippen LogP contribution in [0.4, 0.5) is 0 Å². The van der Waals surface area contributed by atoms with Crippen LogP contribution in [0.15, 0.2) is 328 Å². The van der Waals surface area contributed by atoms with Gasteiger partial charge in [0.1, 0.15) is 0 Å². The molecule has 4 heterocycles. The van der Waals surface area contributed by atoms with Crippen molar-refractivity contribution < 1.29 is 28.5 Å². The van der Waals surface area contributed by atoms with E-state index in [1.807, 2.05) is 138 Å². The molecule has 8 saturated carbocycles. The molecular weight excluding hydrogens is 1800 g/mol. The third kappa shape index (κ3) is 13.4. The second kappa shape index (κ2) is 32.0. The van der Waals surface area contributed by atoms with Crippen LogP contribution in [-0.2, 0) is 10.8 Å². The van der Waals surface area contributed by atoms with Gasteiger partial charge < -0.3 is 10.0 Å². The molecule has 2 spiro atoms. The van der Waals surface area contributed by atoms with Crippen molar-refractivity contribution in [3.63, 3.8) is 0 Å². The van der Waals surface area contributed by atoms with Crippen molar-refractivity contribution in [2.24, 2.45) is 47.3 Å². The Kier molecular flexibility index (Phi) is 19.9. The predicted octanol–water partition coefficient (Wildman–Crippen LogP) is 24.6. The number of hydrogen-bond acceptors (Lipinski definition) is 10. The maximum absolute atomic E-state index is 9.77. The molecular formula is C110H85BClI2N6O2S2-. The van der Waals surface area contributed by atoms with Crippen LogP contribution < -0.4 is 23.9 Å². The Hall–Kier alpha value is -10.7. The van der Waals surface area contributed by atoms with Gasteiger partial charge in [0.15, 0.2) is 34.9 Å². The molecule has 0 saturated heterocycles. The van der Waals surface area contributed by atoms with E-state index < -0.39 is 7.12 Å². The monoisotopic (exact) mass is 1890 g/mol. The Morgan fingerprint density at radius 3 is 1.00 bits per heavy atom. The average Bonchev–Trinajstić information content (AvgIpc) is 1.54. The Balaban J connectivity index is 0.000000116. The van der Waals surface area contributed by atoms with Gasteiger partial charge in [-0.1, -0.05) is 260 Å². The number of halogens is 3. The molecule has 4 aromatic heterocycles. The van der Waals surface area contributed by atoms with Gasteiger partial charge in [0.2, 0.25) is 0 Å². The second-order valence-corrected chi connectivity index (χ2v) is 38.2. The van der Waals surface area contributed by atoms with Gasteiger partial charge in [-0.15, -0.1) is 22.7 Å². The van der Waals surface area contributed by atoms with E-state index in [0.717, 1.165) is 85.6 Å². The molecule has 604 valence electrons. The quantitative estimate of drug-likeness (QED) is 0.103. The number of fused-ring (bicyclic) bond motifs is 12. The molecule has 28 rings (SSSR count). The van der Waals surface area contributed by atoms with E-state index in [-0.39, 0.29) is 29.2 Å². The average molecular weight is 1890 g/mol. The fourth-order valence-corrected chi connectivity index (χ4v) is 26.7. The van der Waals surface area contributed by atoms with E-state index >= 15 is 0 Å². The summed E-state index contributed by atoms with van der Waals surface area (Å²) in [6, 6.07) is 116. The van der Waals surface area contributed by atoms with Gasteiger partial charge in [-0.3, -0.25) is 0 Å². The molecule has 124 heavy (non-hydrogen) atoms. The normalized spacial score (nSPS) is 21.6. The van der Waals surface area contributed by atoms with Crippen molar-refractivity contribution in [2.45, 2.75) is 75.0 Å². The van der Waals surface area contributed by atoms with E-state index in [1.165, 1.54) is 155 Å². The van der Waals surface area contributed by atoms with Crippen LogP contribution in [0.2, 0.25) is 5.02 Å². The molecule has 0 atom stereocenters. The first-order valence-corrected chi connectivity index (χ1v) is 51.9. The smallest absolute Gasteiger partial charge is 0.164 e. The fourth-order valence-electron chi connectivity index (χ4n) is 24.3. The third-order valence-corrected chi connectivity index (χ3v) is 31.5. The maximum atomic E-state index is 9.77. The van der Waals surface area contributed by atoms with Gasteiger partial charge in [-0.05, 0) is 274 Å². The Bertz CT molecular complexity index is 7070. The Morgan fingerprint density at radius 2 is 0.589 bits per heavy atom. The summed E-state index contributed by atoms with van der Waals surface area (Å²) in [5.74, 6) is 10.4. The third-order valence-electron chi connectivity index (χ3n) is 28.9. The van der Waals surface area contributed by atoms with Crippen LogP contribution >= 0.6 is 52.9 Å². The fraction of sp³-hybridized carbons (Fsp3) is 0.182. The molecule has 0 unspecified atom stereocenters. The maximum Gasteiger partial charge on any atom is 0.164 e. The van der Waals surface area contributed by atoms with Gasteiger partial charge in [0, 0.05) is 89.6 Å². The van der Waals surface area contributed by atoms with Gasteiger partial charge in [0.05, 0.1) is 0 Å². The second-order valence-electron chi connectivity index (χ2n) is 35.6. The van der Waals surface area contributed by atoms with Gasteiger partial charge >= 0.3 is 44.7 Å². The number of aromatic nitrogens is 6. The largest absolute Gasteiger partial charge is 0.208 e. The number of thiophene rings is 2. The number of nitrogens with zero attached hydrogens (tertiary/aromatic N) is 6. The van der Waals surface area contributed by atoms with Crippen molar-refractivity contribution in [2.75, 3.05) is 0 Å². The van der Waals surface area contributed by atoms with Crippen LogP contribution in [0, 0.1) is 47.3 Å². The van der Waals surface area contributed by atoms with Crippen LogP contribution in [-0.4, -0.2) is 47.7 Å². The molecule has 8 fully saturated rings. The Labute approximate surface area is 759 Å². The zero-order valence-electron chi connectivity index (χ0n) is 69.0. The summed E-state index contributed by atoms with van der Waals surface area (Å²) in [5.41, 5.74) is 25.1. The standard InChI is InChI=1S/C55H41N3S.C33H20ClN3S.C22H23BO2.HI2/c1-3-11-35(12-4-1)52-56-53(36-13-5-2-6-14-36)58-54(57-52)41-29-39(37-20-22-51-47(31-37)46-16-8-10-18-50(46)59-51)28-40(30-41)38-19-21-45-44-15-7-9-17-48(44)55(49(45)32-38)42-24-33-23-34(26-42)27-43(55)25-33;34-26-18-24(23-15-16-30-28(20-23)27-13-7-8-14-29(27)38-30)17-25(19-26)33-36-31(21-9-3-1-4-10-21)35-32(37-33)22-11-5-2-6-12-22;24-23(25)17-5-6-19-18-3-1-2-4-20(18)22(21(19)12-17)15-8-13-7-14(10-15)11-16(22)9-13;1-2/h1-22,28-34,42-43H,23-27H2;1-20H;1-6,12-16,24-25H,7-11H2;1H/q;;;-1/i;;;1D. The molecule has 18 aromatic rings. The molecule has 2 N–H and O–H groups in total. The molecule has 10 aliphatic carbocycles. The topological polar surface area (TPSA) is 118 Å². The molecule has 10 aliphatic rings. The molecule has 0 radical (unpaired) electrons. The van der Waals surface area contributed by atoms with Crippen molar-refractivity contribution in [3.05, 3.63) is 355 Å². The van der Waals surface area contributed by atoms with Gasteiger partial charge in [-0.2, -0.15) is 0 Å². The van der Waals surface area contributed by atoms with Crippen LogP contribution in [0.3, 0.4) is 0 Å². The molecule has 8 bridgehead atoms. The first-order valence-electron chi connectivity index (χ1n) is 44.0. The number of hydrogen-bond donors (Lipinski definition) is 2. The summed E-state index contributed by atoms with van der Waals surface area (Å²) in [7, 11) is -1.39. The van der Waals surface area contributed by atoms with Crippen LogP contribution in [0.5, 0.6) is 0 Å². The molecule has 14 heteroatoms. The van der Waals surface area contributed by atoms with Gasteiger partial charge in [-0.25, -0.2) is 29.9 Å². The zero-order valence-corrected chi connectivity index (χ0v) is 74.7. The first kappa shape index (κ1) is 76.9. The molecule has 8 nitrogen and oxygen atoms in total. The van der Waals surface area contributed by atoms with Crippen molar-refractivity contribution >= 4 is 106 Å². The minimum Gasteiger partial charge on any atom is -0.208 e. The van der Waals surface area contributed by atoms with E-state index in [4.69, 9.17) is 42.1 Å². The van der Waals surface area contributed by atoms with Crippen molar-refractivity contribution in [1.82, 2.24) is 29.9 Å². The van der Waals surface area contributed by atoms with E-state index in [1.54, 1.807) is 11.1 Å². The summed E-state index contributed by atoms with van der Waals surface area (Å²) < 4.78 is 11.5. The SMILES string of the molecule is Clc1cc(-c2ccc3sc4ccccc4c3c2)cc(-c2nc(-c3ccccc3)nc(-c3ccccc3)n2)c1.OB(O)c1ccc2c(c1)C1(c3ccccc3-2)C2CC3CC(C2)CC1C3.[2H][I-]I.c1ccc(-c2nc(-c3ccccc3)nc(-c3cc(-c4ccc5c(c4)C4(c6ccccc6-5)C5CC6CC(C5)CC4C6)cc(-c4ccc5sc6ccccc6c5c4)c3)n2)cc1. The van der Waals surface area contributed by atoms with Gasteiger partial charge in [0.25, 0.3) is 0 Å². The van der Waals surface area contributed by atoms with Crippen molar-refractivity contribution in [3.8, 4) is 124 Å². The summed E-state index contributed by atoms with van der Waals surface area (Å²) >= 11 is 12.2. The molecule has 0 amide bonds. The predicted molar refractivity (Wildman–Crippen MR) is 518 cm³/mol. The van der Waals surface area contributed by atoms with Crippen LogP contribution in [0.1, 0.15) is 86.5 Å². The first-order chi connectivity index (χ1) is 61.4. The van der Waals surface area contributed by atoms with Crippen LogP contribution in [0.25, 0.3) is 164 Å². The minimum atomic E-state index is -1.39. The summed E-state index contributed by atoms with van der Waals surface area (Å²) in [5, 5.41) is 25.3. The molecule has 0 aliphatic heterocycles. The number of rotatable bonds is 10. The summed E-state index contributed by atoms with van der Waals surface area (Å²) in [4.78, 5) is 30.1. The minimum absolute atomic E-state index is 0.101. The number of benzene rings is 14. The molecule has 14 aromatic carbocycles. The Morgan fingerprint density at radius 1 is 0.290 bits per heavy atom. The van der Waals surface area contributed by atoms with E-state index in [0.29, 0.717) is 57.3 Å². The van der Waals surface area contributed by atoms with Crippen molar-refractivity contribution in [1.29, 1.82) is 0.594 Å². The van der Waals surface area contributed by atoms with E-state index in [2.05, 4.69) is 231 Å².